The molecule has 0 saturated heterocycles. The second-order valence-corrected chi connectivity index (χ2v) is 7.76. The van der Waals surface area contributed by atoms with E-state index in [1.807, 2.05) is 68.4 Å². The van der Waals surface area contributed by atoms with Crippen molar-refractivity contribution in [1.29, 1.82) is 0 Å². The van der Waals surface area contributed by atoms with Gasteiger partial charge in [0, 0.05) is 11.4 Å². The third kappa shape index (κ3) is 3.33. The summed E-state index contributed by atoms with van der Waals surface area (Å²) >= 11 is 6.01. The number of rotatable bonds is 4. The Morgan fingerprint density at radius 1 is 1.10 bits per heavy atom. The molecule has 0 fully saturated rings. The number of nitrogens with zero attached hydrogens (tertiary/aromatic N) is 4. The minimum atomic E-state index is -0.258. The smallest absolute Gasteiger partial charge is 0.263 e. The SMILES string of the molecule is Cc1cccc2cc([C@H](C)Nc3ncnc4[nH]c(Cl)nc34)n(-c3ccccc3)c(=O)c12. The van der Waals surface area contributed by atoms with E-state index in [0.29, 0.717) is 22.4 Å². The first kappa shape index (κ1) is 19.3. The summed E-state index contributed by atoms with van der Waals surface area (Å²) in [6.07, 6.45) is 1.44. The second-order valence-electron chi connectivity index (χ2n) is 7.40. The Bertz CT molecular complexity index is 1470. The minimum absolute atomic E-state index is 0.0545. The Morgan fingerprint density at radius 2 is 1.90 bits per heavy atom. The summed E-state index contributed by atoms with van der Waals surface area (Å²) in [5.41, 5.74) is 3.60. The summed E-state index contributed by atoms with van der Waals surface area (Å²) in [5.74, 6) is 0.539. The Morgan fingerprint density at radius 3 is 2.71 bits per heavy atom. The van der Waals surface area contributed by atoms with Gasteiger partial charge in [0.05, 0.1) is 11.4 Å². The van der Waals surface area contributed by atoms with Crippen LogP contribution < -0.4 is 10.9 Å². The Balaban J connectivity index is 1.70. The van der Waals surface area contributed by atoms with Gasteiger partial charge in [-0.1, -0.05) is 36.4 Å². The predicted molar refractivity (Wildman–Crippen MR) is 123 cm³/mol. The molecule has 0 amide bonds. The van der Waals surface area contributed by atoms with Crippen LogP contribution in [0.4, 0.5) is 5.82 Å². The molecule has 31 heavy (non-hydrogen) atoms. The number of pyridine rings is 1. The maximum Gasteiger partial charge on any atom is 0.263 e. The van der Waals surface area contributed by atoms with Gasteiger partial charge in [-0.05, 0) is 54.6 Å². The van der Waals surface area contributed by atoms with Gasteiger partial charge in [-0.15, -0.1) is 0 Å². The number of anilines is 1. The number of hydrogen-bond acceptors (Lipinski definition) is 5. The van der Waals surface area contributed by atoms with Crippen molar-refractivity contribution in [3.05, 3.63) is 87.8 Å². The molecule has 0 aliphatic carbocycles. The van der Waals surface area contributed by atoms with Crippen molar-refractivity contribution in [3.8, 4) is 5.69 Å². The number of fused-ring (bicyclic) bond motifs is 2. The van der Waals surface area contributed by atoms with Crippen LogP contribution in [0.25, 0.3) is 27.6 Å². The van der Waals surface area contributed by atoms with Gasteiger partial charge in [0.25, 0.3) is 5.56 Å². The third-order valence-electron chi connectivity index (χ3n) is 5.35. The molecular weight excluding hydrogens is 412 g/mol. The van der Waals surface area contributed by atoms with Crippen molar-refractivity contribution in [2.75, 3.05) is 5.32 Å². The molecule has 0 aliphatic heterocycles. The van der Waals surface area contributed by atoms with Gasteiger partial charge in [0.15, 0.2) is 17.0 Å². The van der Waals surface area contributed by atoms with Crippen LogP contribution in [0.3, 0.4) is 0 Å². The summed E-state index contributed by atoms with van der Waals surface area (Å²) in [6.45, 7) is 3.94. The number of hydrogen-bond donors (Lipinski definition) is 2. The van der Waals surface area contributed by atoms with Crippen molar-refractivity contribution in [2.45, 2.75) is 19.9 Å². The molecule has 7 nitrogen and oxygen atoms in total. The molecule has 0 saturated carbocycles. The first-order valence-electron chi connectivity index (χ1n) is 9.86. The van der Waals surface area contributed by atoms with Crippen molar-refractivity contribution in [2.24, 2.45) is 0 Å². The molecule has 1 atom stereocenters. The van der Waals surface area contributed by atoms with E-state index in [0.717, 1.165) is 22.3 Å². The second kappa shape index (κ2) is 7.52. The van der Waals surface area contributed by atoms with Crippen molar-refractivity contribution in [1.82, 2.24) is 24.5 Å². The normalized spacial score (nSPS) is 12.4. The van der Waals surface area contributed by atoms with E-state index in [1.165, 1.54) is 6.33 Å². The van der Waals surface area contributed by atoms with Gasteiger partial charge >= 0.3 is 0 Å². The number of para-hydroxylation sites is 1. The van der Waals surface area contributed by atoms with E-state index in [1.54, 1.807) is 4.57 Å². The number of H-pyrrole nitrogens is 1. The zero-order chi connectivity index (χ0) is 21.5. The molecule has 5 rings (SSSR count). The van der Waals surface area contributed by atoms with Crippen LogP contribution in [0.1, 0.15) is 24.2 Å². The van der Waals surface area contributed by atoms with Gasteiger partial charge in [-0.2, -0.15) is 0 Å². The summed E-state index contributed by atoms with van der Waals surface area (Å²) in [5, 5.41) is 5.24. The summed E-state index contributed by atoms with van der Waals surface area (Å²) < 4.78 is 1.75. The van der Waals surface area contributed by atoms with Gasteiger partial charge in [0.2, 0.25) is 5.28 Å². The Hall–Kier alpha value is -3.71. The fraction of sp³-hybridized carbons (Fsp3) is 0.130. The highest BCUT2D eigenvalue weighted by Gasteiger charge is 2.19. The number of benzene rings is 2. The lowest BCUT2D eigenvalue weighted by atomic mass is 10.0. The largest absolute Gasteiger partial charge is 0.360 e. The molecule has 2 aromatic carbocycles. The molecule has 5 aromatic rings. The topological polar surface area (TPSA) is 88.5 Å². The molecule has 0 bridgehead atoms. The lowest BCUT2D eigenvalue weighted by molar-refractivity contribution is 0.774. The van der Waals surface area contributed by atoms with Crippen molar-refractivity contribution >= 4 is 39.4 Å². The van der Waals surface area contributed by atoms with Crippen LogP contribution in [0.15, 0.2) is 65.7 Å². The van der Waals surface area contributed by atoms with Gasteiger partial charge in [-0.3, -0.25) is 9.36 Å². The lowest BCUT2D eigenvalue weighted by Gasteiger charge is -2.21. The van der Waals surface area contributed by atoms with E-state index >= 15 is 0 Å². The molecule has 3 aromatic heterocycles. The first-order valence-corrected chi connectivity index (χ1v) is 10.2. The number of aromatic amines is 1. The lowest BCUT2D eigenvalue weighted by Crippen LogP contribution is -2.26. The van der Waals surface area contributed by atoms with Crippen LogP contribution in [0.2, 0.25) is 5.28 Å². The van der Waals surface area contributed by atoms with Crippen LogP contribution in [-0.4, -0.2) is 24.5 Å². The van der Waals surface area contributed by atoms with Crippen LogP contribution in [-0.2, 0) is 0 Å². The maximum absolute atomic E-state index is 13.6. The van der Waals surface area contributed by atoms with E-state index in [-0.39, 0.29) is 16.9 Å². The van der Waals surface area contributed by atoms with E-state index < -0.39 is 0 Å². The molecule has 0 radical (unpaired) electrons. The molecule has 2 N–H and O–H groups in total. The molecule has 8 heteroatoms. The molecule has 0 unspecified atom stereocenters. The standard InChI is InChI=1S/C23H19ClN6O/c1-13-7-6-8-15-11-17(30(22(31)18(13)15)16-9-4-3-5-10-16)14(2)27-20-19-21(26-12-25-20)29-23(24)28-19/h3-12,14H,1-2H3,(H2,25,26,27,28,29)/t14-/m0/s1. The number of aromatic nitrogens is 5. The van der Waals surface area contributed by atoms with E-state index in [9.17, 15) is 4.79 Å². The highest BCUT2D eigenvalue weighted by Crippen LogP contribution is 2.27. The highest BCUT2D eigenvalue weighted by molar-refractivity contribution is 6.29. The Kier molecular flexibility index (Phi) is 4.67. The number of aryl methyl sites for hydroxylation is 1. The molecule has 0 aliphatic rings. The average Bonchev–Trinajstić information content (AvgIpc) is 3.15. The zero-order valence-corrected chi connectivity index (χ0v) is 17.7. The monoisotopic (exact) mass is 430 g/mol. The molecular formula is C23H19ClN6O. The van der Waals surface area contributed by atoms with Crippen molar-refractivity contribution < 1.29 is 0 Å². The van der Waals surface area contributed by atoms with Crippen molar-refractivity contribution in [3.63, 3.8) is 0 Å². The molecule has 154 valence electrons. The summed E-state index contributed by atoms with van der Waals surface area (Å²) in [6, 6.07) is 17.3. The quantitative estimate of drug-likeness (QED) is 0.400. The fourth-order valence-electron chi connectivity index (χ4n) is 3.90. The third-order valence-corrected chi connectivity index (χ3v) is 5.53. The van der Waals surface area contributed by atoms with Crippen LogP contribution in [0, 0.1) is 6.92 Å². The van der Waals surface area contributed by atoms with Crippen LogP contribution >= 0.6 is 11.6 Å². The van der Waals surface area contributed by atoms with Crippen LogP contribution in [0.5, 0.6) is 0 Å². The summed E-state index contributed by atoms with van der Waals surface area (Å²) in [4.78, 5) is 29.3. The number of halogens is 1. The number of imidazole rings is 1. The Labute approximate surface area is 182 Å². The molecule has 3 heterocycles. The van der Waals surface area contributed by atoms with Gasteiger partial charge in [-0.25, -0.2) is 15.0 Å². The highest BCUT2D eigenvalue weighted by atomic mass is 35.5. The van der Waals surface area contributed by atoms with Gasteiger partial charge in [0.1, 0.15) is 6.33 Å². The fourth-order valence-corrected chi connectivity index (χ4v) is 4.08. The first-order chi connectivity index (χ1) is 15.0. The van der Waals surface area contributed by atoms with Gasteiger partial charge < -0.3 is 10.3 Å². The molecule has 0 spiro atoms. The minimum Gasteiger partial charge on any atom is -0.360 e. The summed E-state index contributed by atoms with van der Waals surface area (Å²) in [7, 11) is 0. The zero-order valence-electron chi connectivity index (χ0n) is 16.9. The van der Waals surface area contributed by atoms with E-state index in [4.69, 9.17) is 11.6 Å². The predicted octanol–water partition coefficient (Wildman–Crippen LogP) is 4.79. The maximum atomic E-state index is 13.6. The average molecular weight is 431 g/mol. The number of nitrogens with one attached hydrogen (secondary N) is 2. The van der Waals surface area contributed by atoms with E-state index in [2.05, 4.69) is 25.3 Å².